The van der Waals surface area contributed by atoms with Crippen LogP contribution >= 0.6 is 23.1 Å². The van der Waals surface area contributed by atoms with Crippen LogP contribution in [0, 0.1) is 0 Å². The van der Waals surface area contributed by atoms with E-state index in [1.807, 2.05) is 52.3 Å². The van der Waals surface area contributed by atoms with Crippen LogP contribution in [0.2, 0.25) is 0 Å². The van der Waals surface area contributed by atoms with E-state index in [-0.39, 0.29) is 6.03 Å². The molecule has 0 radical (unpaired) electrons. The van der Waals surface area contributed by atoms with Gasteiger partial charge in [-0.2, -0.15) is 11.8 Å². The molecule has 1 N–H and O–H groups in total. The Kier molecular flexibility index (Phi) is 6.64. The number of thioether (sulfide) groups is 1. The van der Waals surface area contributed by atoms with Gasteiger partial charge in [-0.25, -0.2) is 4.79 Å². The van der Waals surface area contributed by atoms with E-state index >= 15 is 0 Å². The Morgan fingerprint density at radius 1 is 1.28 bits per heavy atom. The van der Waals surface area contributed by atoms with Crippen LogP contribution in [0.25, 0.3) is 0 Å². The van der Waals surface area contributed by atoms with Gasteiger partial charge in [0, 0.05) is 35.5 Å². The normalized spacial score (nSPS) is 17.8. The van der Waals surface area contributed by atoms with Gasteiger partial charge in [0.25, 0.3) is 0 Å². The van der Waals surface area contributed by atoms with Crippen LogP contribution in [0.3, 0.4) is 0 Å². The van der Waals surface area contributed by atoms with Crippen molar-refractivity contribution >= 4 is 29.1 Å². The first-order valence-corrected chi connectivity index (χ1v) is 10.5. The van der Waals surface area contributed by atoms with Gasteiger partial charge in [0.1, 0.15) is 5.75 Å². The predicted molar refractivity (Wildman–Crippen MR) is 106 cm³/mol. The Morgan fingerprint density at radius 2 is 2.12 bits per heavy atom. The summed E-state index contributed by atoms with van der Waals surface area (Å²) in [5, 5.41) is 5.71. The molecule has 1 atom stereocenters. The molecular weight excluding hydrogens is 352 g/mol. The largest absolute Gasteiger partial charge is 0.497 e. The SMILES string of the molecule is COc1ccc(CCNC(=O)N2CCS[C@H](c3cccs3)CC2)cc1. The number of hydrogen-bond donors (Lipinski definition) is 1. The van der Waals surface area contributed by atoms with Crippen LogP contribution in [-0.2, 0) is 6.42 Å². The summed E-state index contributed by atoms with van der Waals surface area (Å²) in [6.07, 6.45) is 1.85. The molecule has 1 aliphatic rings. The van der Waals surface area contributed by atoms with Crippen molar-refractivity contribution in [2.45, 2.75) is 18.1 Å². The molecule has 0 aliphatic carbocycles. The molecule has 2 heterocycles. The topological polar surface area (TPSA) is 41.6 Å². The standard InChI is InChI=1S/C19H24N2O2S2/c1-23-16-6-4-15(5-7-16)8-10-20-19(22)21-11-9-18(25-14-12-21)17-3-2-13-24-17/h2-7,13,18H,8-12,14H2,1H3,(H,20,22)/t18-/m0/s1. The Bertz CT molecular complexity index is 659. The second kappa shape index (κ2) is 9.15. The Labute approximate surface area is 157 Å². The Balaban J connectivity index is 1.43. The number of thiophene rings is 1. The Morgan fingerprint density at radius 3 is 2.84 bits per heavy atom. The molecule has 2 amide bonds. The van der Waals surface area contributed by atoms with Gasteiger partial charge in [-0.1, -0.05) is 18.2 Å². The Hall–Kier alpha value is -1.66. The van der Waals surface area contributed by atoms with E-state index in [9.17, 15) is 4.79 Å². The van der Waals surface area contributed by atoms with Crippen molar-refractivity contribution in [2.75, 3.05) is 32.5 Å². The van der Waals surface area contributed by atoms with Crippen LogP contribution in [0.4, 0.5) is 4.79 Å². The fraction of sp³-hybridized carbons (Fsp3) is 0.421. The van der Waals surface area contributed by atoms with Gasteiger partial charge in [-0.3, -0.25) is 0 Å². The maximum absolute atomic E-state index is 12.4. The molecule has 6 heteroatoms. The molecule has 0 spiro atoms. The number of methoxy groups -OCH3 is 1. The molecule has 1 aliphatic heterocycles. The van der Waals surface area contributed by atoms with Crippen molar-refractivity contribution < 1.29 is 9.53 Å². The highest BCUT2D eigenvalue weighted by Crippen LogP contribution is 2.36. The fourth-order valence-electron chi connectivity index (χ4n) is 2.89. The van der Waals surface area contributed by atoms with Crippen LogP contribution < -0.4 is 10.1 Å². The van der Waals surface area contributed by atoms with E-state index in [0.29, 0.717) is 11.8 Å². The number of nitrogens with one attached hydrogen (secondary N) is 1. The van der Waals surface area contributed by atoms with Gasteiger partial charge in [-0.05, 0) is 42.0 Å². The maximum atomic E-state index is 12.4. The van der Waals surface area contributed by atoms with Crippen LogP contribution in [-0.4, -0.2) is 43.4 Å². The van der Waals surface area contributed by atoms with Gasteiger partial charge in [-0.15, -0.1) is 11.3 Å². The van der Waals surface area contributed by atoms with Crippen molar-refractivity contribution in [3.05, 3.63) is 52.2 Å². The van der Waals surface area contributed by atoms with Crippen LogP contribution in [0.5, 0.6) is 5.75 Å². The molecule has 0 unspecified atom stereocenters. The number of carbonyl (C=O) groups is 1. The fourth-order valence-corrected chi connectivity index (χ4v) is 5.13. The molecule has 4 nitrogen and oxygen atoms in total. The monoisotopic (exact) mass is 376 g/mol. The second-order valence-electron chi connectivity index (χ2n) is 5.98. The molecule has 2 aromatic rings. The van der Waals surface area contributed by atoms with E-state index in [4.69, 9.17) is 4.74 Å². The van der Waals surface area contributed by atoms with E-state index in [2.05, 4.69) is 22.8 Å². The average Bonchev–Trinajstić information content (AvgIpc) is 3.06. The summed E-state index contributed by atoms with van der Waals surface area (Å²) in [5.74, 6) is 1.85. The summed E-state index contributed by atoms with van der Waals surface area (Å²) < 4.78 is 5.16. The lowest BCUT2D eigenvalue weighted by Crippen LogP contribution is -2.41. The first kappa shape index (κ1) is 18.1. The van der Waals surface area contributed by atoms with Crippen LogP contribution in [0.1, 0.15) is 22.1 Å². The van der Waals surface area contributed by atoms with Crippen molar-refractivity contribution in [3.8, 4) is 5.75 Å². The lowest BCUT2D eigenvalue weighted by atomic mass is 10.1. The summed E-state index contributed by atoms with van der Waals surface area (Å²) in [6, 6.07) is 12.4. The summed E-state index contributed by atoms with van der Waals surface area (Å²) in [7, 11) is 1.66. The van der Waals surface area contributed by atoms with Crippen molar-refractivity contribution in [1.29, 1.82) is 0 Å². The number of amides is 2. The molecular formula is C19H24N2O2S2. The zero-order valence-corrected chi connectivity index (χ0v) is 16.1. The minimum atomic E-state index is 0.0564. The highest BCUT2D eigenvalue weighted by molar-refractivity contribution is 7.99. The lowest BCUT2D eigenvalue weighted by Gasteiger charge is -2.20. The number of benzene rings is 1. The van der Waals surface area contributed by atoms with Crippen molar-refractivity contribution in [2.24, 2.45) is 0 Å². The number of carbonyl (C=O) groups excluding carboxylic acids is 1. The lowest BCUT2D eigenvalue weighted by molar-refractivity contribution is 0.201. The minimum Gasteiger partial charge on any atom is -0.497 e. The van der Waals surface area contributed by atoms with Crippen LogP contribution in [0.15, 0.2) is 41.8 Å². The third-order valence-corrected chi connectivity index (χ3v) is 6.78. The molecule has 1 aromatic carbocycles. The minimum absolute atomic E-state index is 0.0564. The van der Waals surface area contributed by atoms with E-state index in [1.54, 1.807) is 7.11 Å². The van der Waals surface area contributed by atoms with Gasteiger partial charge in [0.2, 0.25) is 0 Å². The second-order valence-corrected chi connectivity index (χ2v) is 8.27. The maximum Gasteiger partial charge on any atom is 0.317 e. The summed E-state index contributed by atoms with van der Waals surface area (Å²) in [4.78, 5) is 15.8. The first-order valence-electron chi connectivity index (χ1n) is 8.57. The zero-order chi connectivity index (χ0) is 17.5. The molecule has 1 aromatic heterocycles. The van der Waals surface area contributed by atoms with Gasteiger partial charge in [0.05, 0.1) is 7.11 Å². The molecule has 1 saturated heterocycles. The highest BCUT2D eigenvalue weighted by Gasteiger charge is 2.22. The molecule has 3 rings (SSSR count). The third kappa shape index (κ3) is 5.16. The molecule has 0 bridgehead atoms. The summed E-state index contributed by atoms with van der Waals surface area (Å²) >= 11 is 3.78. The quantitative estimate of drug-likeness (QED) is 0.851. The highest BCUT2D eigenvalue weighted by atomic mass is 32.2. The third-order valence-electron chi connectivity index (χ3n) is 4.34. The van der Waals surface area contributed by atoms with Crippen molar-refractivity contribution in [1.82, 2.24) is 10.2 Å². The van der Waals surface area contributed by atoms with Gasteiger partial charge < -0.3 is 15.0 Å². The number of urea groups is 1. The molecule has 134 valence electrons. The molecule has 25 heavy (non-hydrogen) atoms. The number of nitrogens with zero attached hydrogens (tertiary/aromatic N) is 1. The molecule has 0 saturated carbocycles. The van der Waals surface area contributed by atoms with E-state index in [0.717, 1.165) is 37.4 Å². The zero-order valence-electron chi connectivity index (χ0n) is 14.4. The predicted octanol–water partition coefficient (Wildman–Crippen LogP) is 4.19. The van der Waals surface area contributed by atoms with E-state index < -0.39 is 0 Å². The average molecular weight is 377 g/mol. The molecule has 1 fully saturated rings. The van der Waals surface area contributed by atoms with Crippen molar-refractivity contribution in [3.63, 3.8) is 0 Å². The summed E-state index contributed by atoms with van der Waals surface area (Å²) in [6.45, 7) is 2.30. The van der Waals surface area contributed by atoms with Gasteiger partial charge >= 0.3 is 6.03 Å². The summed E-state index contributed by atoms with van der Waals surface area (Å²) in [5.41, 5.74) is 1.20. The number of hydrogen-bond acceptors (Lipinski definition) is 4. The first-order chi connectivity index (χ1) is 12.3. The number of ether oxygens (including phenoxy) is 1. The van der Waals surface area contributed by atoms with E-state index in [1.165, 1.54) is 10.4 Å². The smallest absolute Gasteiger partial charge is 0.317 e. The van der Waals surface area contributed by atoms with Gasteiger partial charge in [0.15, 0.2) is 0 Å². The number of rotatable bonds is 5.